The summed E-state index contributed by atoms with van der Waals surface area (Å²) in [7, 11) is -2.86. The molecule has 4 aromatic rings. The van der Waals surface area contributed by atoms with Crippen LogP contribution >= 0.6 is 23.2 Å². The first-order chi connectivity index (χ1) is 22.1. The van der Waals surface area contributed by atoms with Crippen LogP contribution in [0.2, 0.25) is 10.0 Å². The molecule has 0 bridgehead atoms. The molecule has 11 heteroatoms. The molecule has 4 aromatic carbocycles. The van der Waals surface area contributed by atoms with Crippen molar-refractivity contribution in [3.8, 4) is 5.75 Å². The summed E-state index contributed by atoms with van der Waals surface area (Å²) in [6.45, 7) is 3.41. The topological polar surface area (TPSA) is 96.0 Å². The second kappa shape index (κ2) is 16.0. The molecule has 0 aromatic heterocycles. The normalized spacial score (nSPS) is 11.8. The molecule has 0 saturated heterocycles. The Morgan fingerprint density at radius 1 is 0.870 bits per heavy atom. The van der Waals surface area contributed by atoms with Gasteiger partial charge in [0.25, 0.3) is 10.0 Å². The van der Waals surface area contributed by atoms with Crippen LogP contribution in [-0.4, -0.2) is 51.4 Å². The summed E-state index contributed by atoms with van der Waals surface area (Å²) >= 11 is 13.1. The number of ether oxygens (including phenoxy) is 1. The smallest absolute Gasteiger partial charge is 0.264 e. The van der Waals surface area contributed by atoms with Crippen molar-refractivity contribution in [2.24, 2.45) is 0 Å². The van der Waals surface area contributed by atoms with Crippen LogP contribution in [0, 0.1) is 6.92 Å². The van der Waals surface area contributed by atoms with Gasteiger partial charge in [-0.25, -0.2) is 8.42 Å². The summed E-state index contributed by atoms with van der Waals surface area (Å²) in [6.07, 6.45) is 0.855. The van der Waals surface area contributed by atoms with Gasteiger partial charge in [-0.15, -0.1) is 0 Å². The van der Waals surface area contributed by atoms with Crippen molar-refractivity contribution < 1.29 is 22.7 Å². The lowest BCUT2D eigenvalue weighted by Gasteiger charge is -2.34. The maximum absolute atomic E-state index is 14.6. The number of anilines is 1. The molecule has 1 atom stereocenters. The molecule has 242 valence electrons. The average Bonchev–Trinajstić information content (AvgIpc) is 3.05. The lowest BCUT2D eigenvalue weighted by atomic mass is 10.0. The maximum Gasteiger partial charge on any atom is 0.264 e. The summed E-state index contributed by atoms with van der Waals surface area (Å²) in [5, 5.41) is 3.54. The number of hydrogen-bond acceptors (Lipinski definition) is 5. The molecule has 0 aliphatic carbocycles. The van der Waals surface area contributed by atoms with Gasteiger partial charge >= 0.3 is 0 Å². The minimum absolute atomic E-state index is 0.000899. The number of nitrogens with one attached hydrogen (secondary N) is 1. The molecule has 0 spiro atoms. The predicted molar refractivity (Wildman–Crippen MR) is 183 cm³/mol. The summed E-state index contributed by atoms with van der Waals surface area (Å²) < 4.78 is 35.0. The van der Waals surface area contributed by atoms with Gasteiger partial charge in [0.1, 0.15) is 18.3 Å². The first-order valence-electron chi connectivity index (χ1n) is 14.8. The van der Waals surface area contributed by atoms with Gasteiger partial charge in [0.2, 0.25) is 11.8 Å². The third kappa shape index (κ3) is 8.40. The Morgan fingerprint density at radius 3 is 2.13 bits per heavy atom. The molecule has 2 amide bonds. The van der Waals surface area contributed by atoms with Crippen molar-refractivity contribution >= 4 is 50.7 Å². The van der Waals surface area contributed by atoms with Crippen LogP contribution in [0.5, 0.6) is 5.75 Å². The van der Waals surface area contributed by atoms with Gasteiger partial charge in [-0.05, 0) is 55.3 Å². The molecule has 0 aliphatic rings. The molecule has 0 aliphatic heterocycles. The minimum Gasteiger partial charge on any atom is -0.495 e. The number of rotatable bonds is 14. The number of methoxy groups -OCH3 is 1. The Morgan fingerprint density at radius 2 is 1.50 bits per heavy atom. The van der Waals surface area contributed by atoms with E-state index in [0.29, 0.717) is 28.6 Å². The number of carbonyl (C=O) groups excluding carboxylic acids is 2. The van der Waals surface area contributed by atoms with Gasteiger partial charge in [0.15, 0.2) is 0 Å². The number of halogens is 2. The van der Waals surface area contributed by atoms with Gasteiger partial charge in [0, 0.05) is 35.1 Å². The fraction of sp³-hybridized carbons (Fsp3) is 0.257. The Labute approximate surface area is 280 Å². The highest BCUT2D eigenvalue weighted by Crippen LogP contribution is 2.33. The Kier molecular flexibility index (Phi) is 12.1. The van der Waals surface area contributed by atoms with Gasteiger partial charge < -0.3 is 15.0 Å². The number of benzene rings is 4. The maximum atomic E-state index is 14.6. The zero-order valence-corrected chi connectivity index (χ0v) is 28.3. The zero-order valence-electron chi connectivity index (χ0n) is 26.0. The van der Waals surface area contributed by atoms with Gasteiger partial charge in [-0.3, -0.25) is 13.9 Å². The quantitative estimate of drug-likeness (QED) is 0.160. The number of hydrogen-bond donors (Lipinski definition) is 1. The highest BCUT2D eigenvalue weighted by Gasteiger charge is 2.36. The summed E-state index contributed by atoms with van der Waals surface area (Å²) in [4.78, 5) is 29.8. The fourth-order valence-corrected chi connectivity index (χ4v) is 6.90. The summed E-state index contributed by atoms with van der Waals surface area (Å²) in [5.41, 5.74) is 2.30. The fourth-order valence-electron chi connectivity index (χ4n) is 4.96. The Bertz CT molecular complexity index is 1730. The van der Waals surface area contributed by atoms with Crippen LogP contribution in [0.1, 0.15) is 30.0 Å². The Balaban J connectivity index is 1.85. The lowest BCUT2D eigenvalue weighted by Crippen LogP contribution is -2.53. The van der Waals surface area contributed by atoms with E-state index in [1.807, 2.05) is 44.2 Å². The molecular formula is C35H37Cl2N3O5S. The van der Waals surface area contributed by atoms with Crippen LogP contribution in [-0.2, 0) is 32.6 Å². The van der Waals surface area contributed by atoms with Crippen molar-refractivity contribution in [2.45, 2.75) is 44.2 Å². The number of carbonyl (C=O) groups is 2. The monoisotopic (exact) mass is 681 g/mol. The van der Waals surface area contributed by atoms with Crippen LogP contribution in [0.4, 0.5) is 5.69 Å². The van der Waals surface area contributed by atoms with E-state index in [1.54, 1.807) is 54.6 Å². The zero-order chi connectivity index (χ0) is 33.3. The van der Waals surface area contributed by atoms with E-state index in [4.69, 9.17) is 27.9 Å². The van der Waals surface area contributed by atoms with E-state index in [0.717, 1.165) is 15.4 Å². The molecule has 8 nitrogen and oxygen atoms in total. The van der Waals surface area contributed by atoms with Gasteiger partial charge in [-0.2, -0.15) is 0 Å². The summed E-state index contributed by atoms with van der Waals surface area (Å²) in [6, 6.07) is 26.2. The standard InChI is InChI=1S/C35H37Cl2N3O5S/c1-4-21-38-35(42)32(22-26-11-6-5-7-12-26)39(23-28-29(36)13-10-14-30(28)37)34(41)24-40(31-15-8-9-16-33(31)45-3)46(43,44)27-19-17-25(2)18-20-27/h5-20,32H,4,21-24H2,1-3H3,(H,38,42). The van der Waals surface area contributed by atoms with E-state index >= 15 is 0 Å². The molecule has 0 radical (unpaired) electrons. The molecule has 1 unspecified atom stereocenters. The van der Waals surface area contributed by atoms with E-state index in [1.165, 1.54) is 24.1 Å². The van der Waals surface area contributed by atoms with E-state index in [2.05, 4.69) is 5.32 Å². The van der Waals surface area contributed by atoms with Crippen molar-refractivity contribution in [3.05, 3.63) is 124 Å². The third-order valence-electron chi connectivity index (χ3n) is 7.45. The van der Waals surface area contributed by atoms with Crippen molar-refractivity contribution in [1.82, 2.24) is 10.2 Å². The Hall–Kier alpha value is -4.05. The lowest BCUT2D eigenvalue weighted by molar-refractivity contribution is -0.140. The second-order valence-electron chi connectivity index (χ2n) is 10.7. The molecule has 0 fully saturated rings. The second-order valence-corrected chi connectivity index (χ2v) is 13.4. The molecule has 0 saturated carbocycles. The van der Waals surface area contributed by atoms with Crippen molar-refractivity contribution in [2.75, 3.05) is 24.5 Å². The predicted octanol–water partition coefficient (Wildman–Crippen LogP) is 6.67. The van der Waals surface area contributed by atoms with Crippen molar-refractivity contribution in [1.29, 1.82) is 0 Å². The van der Waals surface area contributed by atoms with Gasteiger partial charge in [-0.1, -0.05) is 96.4 Å². The van der Waals surface area contributed by atoms with Crippen molar-refractivity contribution in [3.63, 3.8) is 0 Å². The number of amides is 2. The minimum atomic E-state index is -4.29. The highest BCUT2D eigenvalue weighted by atomic mass is 35.5. The SMILES string of the molecule is CCCNC(=O)C(Cc1ccccc1)N(Cc1c(Cl)cccc1Cl)C(=O)CN(c1ccccc1OC)S(=O)(=O)c1ccc(C)cc1. The van der Waals surface area contributed by atoms with Crippen LogP contribution in [0.15, 0.2) is 102 Å². The van der Waals surface area contributed by atoms with Crippen LogP contribution in [0.3, 0.4) is 0 Å². The average molecular weight is 683 g/mol. The van der Waals surface area contributed by atoms with E-state index in [9.17, 15) is 18.0 Å². The third-order valence-corrected chi connectivity index (χ3v) is 9.93. The molecule has 1 N–H and O–H groups in total. The molecule has 46 heavy (non-hydrogen) atoms. The van der Waals surface area contributed by atoms with Crippen LogP contribution < -0.4 is 14.4 Å². The van der Waals surface area contributed by atoms with E-state index < -0.39 is 28.5 Å². The van der Waals surface area contributed by atoms with Crippen LogP contribution in [0.25, 0.3) is 0 Å². The first-order valence-corrected chi connectivity index (χ1v) is 17.0. The highest BCUT2D eigenvalue weighted by molar-refractivity contribution is 7.92. The first kappa shape index (κ1) is 34.8. The molecular weight excluding hydrogens is 645 g/mol. The van der Waals surface area contributed by atoms with E-state index in [-0.39, 0.29) is 35.2 Å². The number of para-hydroxylation sites is 2. The molecule has 0 heterocycles. The largest absolute Gasteiger partial charge is 0.495 e. The molecule has 4 rings (SSSR count). The van der Waals surface area contributed by atoms with Gasteiger partial charge in [0.05, 0.1) is 17.7 Å². The summed E-state index contributed by atoms with van der Waals surface area (Å²) in [5.74, 6) is -0.758. The number of aryl methyl sites for hydroxylation is 1. The number of sulfonamides is 1. The number of nitrogens with zero attached hydrogens (tertiary/aromatic N) is 2.